The van der Waals surface area contributed by atoms with E-state index in [1.807, 2.05) is 18.2 Å². The average Bonchev–Trinajstić information content (AvgIpc) is 2.85. The second-order valence-electron chi connectivity index (χ2n) is 7.88. The number of urea groups is 1. The van der Waals surface area contributed by atoms with Crippen LogP contribution in [-0.4, -0.2) is 42.8 Å². The van der Waals surface area contributed by atoms with Gasteiger partial charge < -0.3 is 30.5 Å². The van der Waals surface area contributed by atoms with Crippen LogP contribution in [-0.2, 0) is 11.2 Å². The van der Waals surface area contributed by atoms with E-state index >= 15 is 0 Å². The third-order valence-corrected chi connectivity index (χ3v) is 5.70. The van der Waals surface area contributed by atoms with Crippen molar-refractivity contribution >= 4 is 45.2 Å². The van der Waals surface area contributed by atoms with Crippen LogP contribution in [0.25, 0.3) is 0 Å². The summed E-state index contributed by atoms with van der Waals surface area (Å²) < 4.78 is 11.8. The zero-order valence-electron chi connectivity index (χ0n) is 19.7. The molecular formula is C26H26BrN3O6. The highest BCUT2D eigenvalue weighted by Crippen LogP contribution is 2.27. The number of carboxylic acid groups (broad SMARTS) is 1. The number of ether oxygens (including phenoxy) is 2. The number of aromatic carboxylic acids is 1. The monoisotopic (exact) mass is 555 g/mol. The molecule has 3 rings (SSSR count). The fourth-order valence-corrected chi connectivity index (χ4v) is 3.64. The molecule has 0 fully saturated rings. The molecule has 36 heavy (non-hydrogen) atoms. The number of hydrogen-bond acceptors (Lipinski definition) is 5. The number of halogens is 1. The first-order valence-corrected chi connectivity index (χ1v) is 11.8. The Hall–Kier alpha value is -4.05. The molecule has 3 aromatic rings. The largest absolute Gasteiger partial charge is 0.495 e. The molecule has 1 atom stereocenters. The van der Waals surface area contributed by atoms with E-state index in [4.69, 9.17) is 14.6 Å². The van der Waals surface area contributed by atoms with Gasteiger partial charge in [-0.1, -0.05) is 18.2 Å². The van der Waals surface area contributed by atoms with Gasteiger partial charge in [-0.25, -0.2) is 9.59 Å². The standard InChI is InChI=1S/C26H26BrN3O6/c1-16(15-36-19-10-8-18(9-11-19)25(32)33)28-24(31)14-17-7-12-22(23(13-17)35-2)30-26(34)29-21-6-4-3-5-20(21)27/h3-13,16H,14-15H2,1-2H3,(H,28,31)(H,32,33)(H2,29,30,34). The third kappa shape index (κ3) is 7.74. The van der Waals surface area contributed by atoms with E-state index in [-0.39, 0.29) is 30.5 Å². The van der Waals surface area contributed by atoms with Gasteiger partial charge in [0, 0.05) is 4.47 Å². The smallest absolute Gasteiger partial charge is 0.335 e. The van der Waals surface area contributed by atoms with E-state index < -0.39 is 12.0 Å². The minimum absolute atomic E-state index is 0.109. The number of carbonyl (C=O) groups excluding carboxylic acids is 2. The quantitative estimate of drug-likeness (QED) is 0.281. The summed E-state index contributed by atoms with van der Waals surface area (Å²) >= 11 is 3.38. The molecule has 3 amide bonds. The SMILES string of the molecule is COc1cc(CC(=O)NC(C)COc2ccc(C(=O)O)cc2)ccc1NC(=O)Nc1ccccc1Br. The summed E-state index contributed by atoms with van der Waals surface area (Å²) in [5, 5.41) is 17.3. The summed E-state index contributed by atoms with van der Waals surface area (Å²) in [5.41, 5.74) is 1.96. The molecule has 0 saturated heterocycles. The van der Waals surface area contributed by atoms with Crippen LogP contribution >= 0.6 is 15.9 Å². The maximum atomic E-state index is 12.5. The summed E-state index contributed by atoms with van der Waals surface area (Å²) in [6.45, 7) is 2.03. The lowest BCUT2D eigenvalue weighted by molar-refractivity contribution is -0.121. The number of rotatable bonds is 10. The number of anilines is 2. The number of nitrogens with one attached hydrogen (secondary N) is 3. The van der Waals surface area contributed by atoms with Crippen LogP contribution in [0.4, 0.5) is 16.2 Å². The first kappa shape index (κ1) is 26.6. The number of amides is 3. The zero-order valence-corrected chi connectivity index (χ0v) is 21.3. The van der Waals surface area contributed by atoms with Crippen LogP contribution in [0.1, 0.15) is 22.8 Å². The number of benzene rings is 3. The molecule has 10 heteroatoms. The lowest BCUT2D eigenvalue weighted by Gasteiger charge is -2.16. The molecule has 188 valence electrons. The van der Waals surface area contributed by atoms with Gasteiger partial charge in [-0.05, 0) is 76.9 Å². The Kier molecular flexibility index (Phi) is 9.29. The van der Waals surface area contributed by atoms with Crippen molar-refractivity contribution in [2.45, 2.75) is 19.4 Å². The molecule has 0 radical (unpaired) electrons. The van der Waals surface area contributed by atoms with Crippen molar-refractivity contribution < 1.29 is 29.0 Å². The summed E-state index contributed by atoms with van der Waals surface area (Å²) in [7, 11) is 1.48. The Bertz CT molecular complexity index is 1230. The van der Waals surface area contributed by atoms with Gasteiger partial charge in [0.15, 0.2) is 0 Å². The van der Waals surface area contributed by atoms with Gasteiger partial charge in [0.05, 0.1) is 36.5 Å². The highest BCUT2D eigenvalue weighted by molar-refractivity contribution is 9.10. The minimum atomic E-state index is -1.01. The van der Waals surface area contributed by atoms with Gasteiger partial charge in [0.25, 0.3) is 0 Å². The summed E-state index contributed by atoms with van der Waals surface area (Å²) in [4.78, 5) is 35.8. The Balaban J connectivity index is 1.51. The van der Waals surface area contributed by atoms with E-state index in [0.29, 0.717) is 28.4 Å². The van der Waals surface area contributed by atoms with E-state index in [0.717, 1.165) is 4.47 Å². The predicted molar refractivity (Wildman–Crippen MR) is 140 cm³/mol. The van der Waals surface area contributed by atoms with Crippen molar-refractivity contribution in [1.29, 1.82) is 0 Å². The van der Waals surface area contributed by atoms with Crippen LogP contribution in [0.2, 0.25) is 0 Å². The Morgan fingerprint density at radius 3 is 2.33 bits per heavy atom. The van der Waals surface area contributed by atoms with Gasteiger partial charge >= 0.3 is 12.0 Å². The summed E-state index contributed by atoms with van der Waals surface area (Å²) in [5.74, 6) is -0.283. The first-order valence-electron chi connectivity index (χ1n) is 11.0. The first-order chi connectivity index (χ1) is 17.2. The summed E-state index contributed by atoms with van der Waals surface area (Å²) in [6.07, 6.45) is 0.109. The number of carbonyl (C=O) groups is 3. The van der Waals surface area contributed by atoms with E-state index in [9.17, 15) is 14.4 Å². The predicted octanol–water partition coefficient (Wildman–Crippen LogP) is 4.93. The molecule has 0 aliphatic carbocycles. The number of para-hydroxylation sites is 1. The van der Waals surface area contributed by atoms with Crippen molar-refractivity contribution in [1.82, 2.24) is 5.32 Å². The average molecular weight is 556 g/mol. The minimum Gasteiger partial charge on any atom is -0.495 e. The second kappa shape index (κ2) is 12.6. The molecule has 0 saturated carbocycles. The van der Waals surface area contributed by atoms with Gasteiger partial charge in [-0.15, -0.1) is 0 Å². The molecule has 3 aromatic carbocycles. The van der Waals surface area contributed by atoms with Crippen LogP contribution in [0.3, 0.4) is 0 Å². The molecule has 0 aliphatic rings. The highest BCUT2D eigenvalue weighted by atomic mass is 79.9. The van der Waals surface area contributed by atoms with Gasteiger partial charge in [0.2, 0.25) is 5.91 Å². The molecule has 9 nitrogen and oxygen atoms in total. The second-order valence-corrected chi connectivity index (χ2v) is 8.73. The Morgan fingerprint density at radius 1 is 0.972 bits per heavy atom. The molecule has 0 aliphatic heterocycles. The van der Waals surface area contributed by atoms with Crippen LogP contribution in [0, 0.1) is 0 Å². The normalized spacial score (nSPS) is 11.2. The van der Waals surface area contributed by atoms with Crippen molar-refractivity contribution in [3.63, 3.8) is 0 Å². The molecule has 4 N–H and O–H groups in total. The fraction of sp³-hybridized carbons (Fsp3) is 0.192. The van der Waals surface area contributed by atoms with E-state index in [1.165, 1.54) is 19.2 Å². The highest BCUT2D eigenvalue weighted by Gasteiger charge is 2.13. The topological polar surface area (TPSA) is 126 Å². The van der Waals surface area contributed by atoms with Gasteiger partial charge in [-0.2, -0.15) is 0 Å². The number of carboxylic acids is 1. The molecule has 1 unspecified atom stereocenters. The maximum absolute atomic E-state index is 12.5. The lowest BCUT2D eigenvalue weighted by atomic mass is 10.1. The Morgan fingerprint density at radius 2 is 1.67 bits per heavy atom. The molecule has 0 aromatic heterocycles. The van der Waals surface area contributed by atoms with Crippen LogP contribution < -0.4 is 25.4 Å². The number of methoxy groups -OCH3 is 1. The fourth-order valence-electron chi connectivity index (χ4n) is 3.26. The van der Waals surface area contributed by atoms with Crippen LogP contribution in [0.5, 0.6) is 11.5 Å². The van der Waals surface area contributed by atoms with Crippen molar-refractivity contribution in [2.75, 3.05) is 24.4 Å². The van der Waals surface area contributed by atoms with Crippen molar-refractivity contribution in [3.8, 4) is 11.5 Å². The number of hydrogen-bond donors (Lipinski definition) is 4. The molecular weight excluding hydrogens is 530 g/mol. The van der Waals surface area contributed by atoms with Crippen molar-refractivity contribution in [2.24, 2.45) is 0 Å². The summed E-state index contributed by atoms with van der Waals surface area (Å²) in [6, 6.07) is 17.7. The van der Waals surface area contributed by atoms with Gasteiger partial charge in [-0.3, -0.25) is 4.79 Å². The van der Waals surface area contributed by atoms with E-state index in [1.54, 1.807) is 43.3 Å². The Labute approximate surface area is 216 Å². The molecule has 0 heterocycles. The molecule has 0 spiro atoms. The van der Waals surface area contributed by atoms with Crippen LogP contribution in [0.15, 0.2) is 71.2 Å². The maximum Gasteiger partial charge on any atom is 0.335 e. The molecule has 0 bridgehead atoms. The third-order valence-electron chi connectivity index (χ3n) is 5.01. The lowest BCUT2D eigenvalue weighted by Crippen LogP contribution is -2.37. The van der Waals surface area contributed by atoms with Gasteiger partial charge in [0.1, 0.15) is 18.1 Å². The zero-order chi connectivity index (χ0) is 26.1. The van der Waals surface area contributed by atoms with E-state index in [2.05, 4.69) is 31.9 Å². The van der Waals surface area contributed by atoms with Crippen molar-refractivity contribution in [3.05, 3.63) is 82.3 Å².